The van der Waals surface area contributed by atoms with Crippen molar-refractivity contribution in [2.45, 2.75) is 19.9 Å². The number of methoxy groups -OCH3 is 1. The van der Waals surface area contributed by atoms with E-state index >= 15 is 0 Å². The van der Waals surface area contributed by atoms with Gasteiger partial charge in [0.2, 0.25) is 5.91 Å². The molecular weight excluding hydrogens is 268 g/mol. The number of nitrogens with two attached hydrogens (primary N) is 1. The van der Waals surface area contributed by atoms with Gasteiger partial charge in [0.1, 0.15) is 6.04 Å². The summed E-state index contributed by atoms with van der Waals surface area (Å²) in [6.07, 6.45) is 0. The van der Waals surface area contributed by atoms with E-state index in [1.165, 1.54) is 13.2 Å². The highest BCUT2D eigenvalue weighted by Gasteiger charge is 2.23. The Morgan fingerprint density at radius 1 is 1.37 bits per heavy atom. The van der Waals surface area contributed by atoms with Crippen molar-refractivity contribution in [1.29, 1.82) is 0 Å². The highest BCUT2D eigenvalue weighted by molar-refractivity contribution is 6.34. The molecule has 1 rings (SSSR count). The fraction of sp³-hybridized carbons (Fsp3) is 0.385. The highest BCUT2D eigenvalue weighted by atomic mass is 35.5. The Bertz CT molecular complexity index is 489. The number of carbonyl (C=O) groups excluding carboxylic acids is 2. The maximum atomic E-state index is 11.6. The number of hydrogen-bond donors (Lipinski definition) is 2. The van der Waals surface area contributed by atoms with Crippen molar-refractivity contribution in [3.63, 3.8) is 0 Å². The lowest BCUT2D eigenvalue weighted by Crippen LogP contribution is -2.35. The maximum Gasteiger partial charge on any atom is 0.328 e. The number of esters is 1. The molecule has 0 fully saturated rings. The van der Waals surface area contributed by atoms with E-state index in [9.17, 15) is 9.59 Å². The van der Waals surface area contributed by atoms with E-state index in [2.05, 4.69) is 5.32 Å². The molecule has 0 radical (unpaired) electrons. The number of carbonyl (C=O) groups is 2. The fourth-order valence-electron chi connectivity index (χ4n) is 1.61. The predicted molar refractivity (Wildman–Crippen MR) is 74.2 cm³/mol. The lowest BCUT2D eigenvalue weighted by atomic mass is 10.0. The smallest absolute Gasteiger partial charge is 0.328 e. The molecule has 0 aliphatic heterocycles. The van der Waals surface area contributed by atoms with E-state index in [0.717, 1.165) is 0 Å². The van der Waals surface area contributed by atoms with Crippen LogP contribution in [0.4, 0.5) is 5.69 Å². The molecule has 104 valence electrons. The van der Waals surface area contributed by atoms with Gasteiger partial charge in [-0.15, -0.1) is 0 Å². The molecule has 1 unspecified atom stereocenters. The quantitative estimate of drug-likeness (QED) is 0.811. The first-order valence-corrected chi connectivity index (χ1v) is 6.18. The van der Waals surface area contributed by atoms with E-state index in [-0.39, 0.29) is 22.5 Å². The Balaban J connectivity index is 2.95. The van der Waals surface area contributed by atoms with Crippen molar-refractivity contribution in [3.8, 4) is 0 Å². The second-order valence-corrected chi connectivity index (χ2v) is 4.86. The molecule has 0 aromatic heterocycles. The number of primary amides is 1. The molecule has 1 atom stereocenters. The van der Waals surface area contributed by atoms with Crippen LogP contribution in [0.2, 0.25) is 5.02 Å². The van der Waals surface area contributed by atoms with Crippen LogP contribution in [-0.2, 0) is 9.53 Å². The summed E-state index contributed by atoms with van der Waals surface area (Å²) >= 11 is 5.94. The summed E-state index contributed by atoms with van der Waals surface area (Å²) in [6, 6.07) is 4.23. The molecule has 0 bridgehead atoms. The van der Waals surface area contributed by atoms with E-state index in [4.69, 9.17) is 22.1 Å². The van der Waals surface area contributed by atoms with Crippen molar-refractivity contribution < 1.29 is 14.3 Å². The van der Waals surface area contributed by atoms with Gasteiger partial charge in [-0.05, 0) is 24.1 Å². The van der Waals surface area contributed by atoms with Gasteiger partial charge in [-0.25, -0.2) is 4.79 Å². The summed E-state index contributed by atoms with van der Waals surface area (Å²) in [5, 5.41) is 3.27. The molecule has 0 heterocycles. The first kappa shape index (κ1) is 15.3. The normalized spacial score (nSPS) is 12.1. The molecule has 5 nitrogen and oxygen atoms in total. The van der Waals surface area contributed by atoms with Gasteiger partial charge in [-0.3, -0.25) is 4.79 Å². The lowest BCUT2D eigenvalue weighted by Gasteiger charge is -2.21. The van der Waals surface area contributed by atoms with Crippen LogP contribution in [-0.4, -0.2) is 25.0 Å². The Morgan fingerprint density at radius 2 is 2.00 bits per heavy atom. The Kier molecular flexibility index (Phi) is 5.18. The second-order valence-electron chi connectivity index (χ2n) is 4.45. The number of anilines is 1. The Hall–Kier alpha value is -1.75. The SMILES string of the molecule is COC(=O)C(Nc1ccc(C(N)=O)c(Cl)c1)C(C)C. The topological polar surface area (TPSA) is 81.4 Å². The van der Waals surface area contributed by atoms with Crippen LogP contribution < -0.4 is 11.1 Å². The van der Waals surface area contributed by atoms with Crippen molar-refractivity contribution in [2.75, 3.05) is 12.4 Å². The van der Waals surface area contributed by atoms with Crippen molar-refractivity contribution >= 4 is 29.2 Å². The van der Waals surface area contributed by atoms with Crippen LogP contribution >= 0.6 is 11.6 Å². The van der Waals surface area contributed by atoms with Gasteiger partial charge < -0.3 is 15.8 Å². The average Bonchev–Trinajstić information content (AvgIpc) is 2.34. The Morgan fingerprint density at radius 3 is 2.42 bits per heavy atom. The third kappa shape index (κ3) is 3.86. The predicted octanol–water partition coefficient (Wildman–Crippen LogP) is 2.05. The van der Waals surface area contributed by atoms with Gasteiger partial charge in [0.25, 0.3) is 0 Å². The van der Waals surface area contributed by atoms with Crippen molar-refractivity contribution in [1.82, 2.24) is 0 Å². The molecule has 6 heteroatoms. The van der Waals surface area contributed by atoms with Gasteiger partial charge in [0, 0.05) is 5.69 Å². The van der Waals surface area contributed by atoms with Crippen LogP contribution in [0.15, 0.2) is 18.2 Å². The van der Waals surface area contributed by atoms with Crippen LogP contribution in [0.5, 0.6) is 0 Å². The van der Waals surface area contributed by atoms with E-state index in [1.54, 1.807) is 12.1 Å². The minimum atomic E-state index is -0.593. The standard InChI is InChI=1S/C13H17ClN2O3/c1-7(2)11(13(18)19-3)16-8-4-5-9(12(15)17)10(14)6-8/h4-7,11,16H,1-3H3,(H2,15,17). The molecule has 0 saturated heterocycles. The minimum Gasteiger partial charge on any atom is -0.467 e. The number of rotatable bonds is 5. The maximum absolute atomic E-state index is 11.6. The summed E-state index contributed by atoms with van der Waals surface area (Å²) < 4.78 is 4.73. The van der Waals surface area contributed by atoms with Gasteiger partial charge >= 0.3 is 5.97 Å². The van der Waals surface area contributed by atoms with Gasteiger partial charge in [-0.1, -0.05) is 25.4 Å². The Labute approximate surface area is 117 Å². The zero-order valence-electron chi connectivity index (χ0n) is 11.1. The van der Waals surface area contributed by atoms with Crippen LogP contribution in [0.3, 0.4) is 0 Å². The molecule has 0 aliphatic rings. The highest BCUT2D eigenvalue weighted by Crippen LogP contribution is 2.22. The fourth-order valence-corrected chi connectivity index (χ4v) is 1.88. The summed E-state index contributed by atoms with van der Waals surface area (Å²) in [4.78, 5) is 22.7. The average molecular weight is 285 g/mol. The molecule has 1 aromatic rings. The molecule has 3 N–H and O–H groups in total. The number of nitrogens with one attached hydrogen (secondary N) is 1. The number of halogens is 1. The second kappa shape index (κ2) is 6.43. The van der Waals surface area contributed by atoms with Crippen LogP contribution in [0.25, 0.3) is 0 Å². The van der Waals surface area contributed by atoms with Gasteiger partial charge in [0.05, 0.1) is 17.7 Å². The molecule has 19 heavy (non-hydrogen) atoms. The first-order valence-electron chi connectivity index (χ1n) is 5.80. The van der Waals surface area contributed by atoms with Crippen LogP contribution in [0.1, 0.15) is 24.2 Å². The third-order valence-electron chi connectivity index (χ3n) is 2.68. The number of amides is 1. The zero-order valence-corrected chi connectivity index (χ0v) is 11.8. The van der Waals surface area contributed by atoms with E-state index in [0.29, 0.717) is 5.69 Å². The van der Waals surface area contributed by atoms with Crippen molar-refractivity contribution in [2.24, 2.45) is 11.7 Å². The summed E-state index contributed by atoms with van der Waals surface area (Å²) in [5.74, 6) is -0.905. The van der Waals surface area contributed by atoms with Gasteiger partial charge in [0.15, 0.2) is 0 Å². The number of ether oxygens (including phenoxy) is 1. The molecule has 0 spiro atoms. The van der Waals surface area contributed by atoms with E-state index < -0.39 is 11.9 Å². The lowest BCUT2D eigenvalue weighted by molar-refractivity contribution is -0.142. The molecule has 0 aliphatic carbocycles. The largest absolute Gasteiger partial charge is 0.467 e. The molecule has 1 amide bonds. The van der Waals surface area contributed by atoms with Crippen molar-refractivity contribution in [3.05, 3.63) is 28.8 Å². The van der Waals surface area contributed by atoms with E-state index in [1.807, 2.05) is 13.8 Å². The van der Waals surface area contributed by atoms with Crippen LogP contribution in [0, 0.1) is 5.92 Å². The monoisotopic (exact) mass is 284 g/mol. The molecule has 0 saturated carbocycles. The molecule has 1 aromatic carbocycles. The summed E-state index contributed by atoms with van der Waals surface area (Å²) in [5.41, 5.74) is 6.03. The summed E-state index contributed by atoms with van der Waals surface area (Å²) in [7, 11) is 1.34. The first-order chi connectivity index (χ1) is 8.86. The van der Waals surface area contributed by atoms with Gasteiger partial charge in [-0.2, -0.15) is 0 Å². The summed E-state index contributed by atoms with van der Waals surface area (Å²) in [6.45, 7) is 3.79. The number of hydrogen-bond acceptors (Lipinski definition) is 4. The molecular formula is C13H17ClN2O3. The third-order valence-corrected chi connectivity index (χ3v) is 2.99. The minimum absolute atomic E-state index is 0.0436. The number of benzene rings is 1. The zero-order chi connectivity index (χ0) is 14.6.